The van der Waals surface area contributed by atoms with E-state index >= 15 is 0 Å². The van der Waals surface area contributed by atoms with Crippen molar-refractivity contribution in [1.82, 2.24) is 9.88 Å². The summed E-state index contributed by atoms with van der Waals surface area (Å²) in [5.74, 6) is -5.62. The highest BCUT2D eigenvalue weighted by Crippen LogP contribution is 2.21. The summed E-state index contributed by atoms with van der Waals surface area (Å²) in [6.07, 6.45) is 0.584. The summed E-state index contributed by atoms with van der Waals surface area (Å²) in [6, 6.07) is 10.5. The van der Waals surface area contributed by atoms with Gasteiger partial charge in [-0.1, -0.05) is 25.1 Å². The van der Waals surface area contributed by atoms with E-state index in [0.717, 1.165) is 12.1 Å². The van der Waals surface area contributed by atoms with Crippen LogP contribution in [0.5, 0.6) is 0 Å². The van der Waals surface area contributed by atoms with Crippen LogP contribution in [0.15, 0.2) is 42.5 Å². The summed E-state index contributed by atoms with van der Waals surface area (Å²) in [7, 11) is 0. The van der Waals surface area contributed by atoms with E-state index in [9.17, 15) is 22.8 Å². The van der Waals surface area contributed by atoms with E-state index in [-0.39, 0.29) is 19.0 Å². The number of nitrogens with one attached hydrogen (secondary N) is 1. The molecule has 0 aliphatic carbocycles. The van der Waals surface area contributed by atoms with Crippen LogP contribution in [-0.2, 0) is 4.79 Å². The molecule has 0 spiro atoms. The molecule has 0 saturated carbocycles. The number of aromatic nitrogens is 1. The fourth-order valence-corrected chi connectivity index (χ4v) is 3.16. The van der Waals surface area contributed by atoms with Gasteiger partial charge in [0.15, 0.2) is 17.5 Å². The van der Waals surface area contributed by atoms with Crippen molar-refractivity contribution in [3.63, 3.8) is 0 Å². The minimum Gasteiger partial charge on any atom is -0.329 e. The van der Waals surface area contributed by atoms with Gasteiger partial charge in [0.1, 0.15) is 6.54 Å². The number of fused-ring (bicyclic) bond motifs is 1. The van der Waals surface area contributed by atoms with Gasteiger partial charge in [-0.25, -0.2) is 13.2 Å². The maximum atomic E-state index is 13.8. The van der Waals surface area contributed by atoms with Crippen molar-refractivity contribution in [3.05, 3.63) is 71.2 Å². The van der Waals surface area contributed by atoms with E-state index in [2.05, 4.69) is 10.3 Å². The van der Waals surface area contributed by atoms with Crippen molar-refractivity contribution in [2.24, 2.45) is 0 Å². The fraction of sp³-hybridized carbons (Fsp3) is 0.227. The normalized spacial score (nSPS) is 10.8. The molecule has 0 bridgehead atoms. The van der Waals surface area contributed by atoms with Gasteiger partial charge in [-0.3, -0.25) is 14.6 Å². The minimum atomic E-state index is -1.67. The zero-order valence-corrected chi connectivity index (χ0v) is 16.5. The summed E-state index contributed by atoms with van der Waals surface area (Å²) in [5.41, 5.74) is 1.22. The molecule has 1 N–H and O–H groups in total. The van der Waals surface area contributed by atoms with Gasteiger partial charge in [-0.15, -0.1) is 0 Å². The second-order valence-corrected chi connectivity index (χ2v) is 6.83. The first kappa shape index (κ1) is 21.3. The fourth-order valence-electron chi connectivity index (χ4n) is 3.16. The van der Waals surface area contributed by atoms with Crippen molar-refractivity contribution in [2.45, 2.75) is 20.3 Å². The lowest BCUT2D eigenvalue weighted by Gasteiger charge is -2.22. The maximum absolute atomic E-state index is 13.8. The molecule has 0 saturated heterocycles. The van der Waals surface area contributed by atoms with E-state index < -0.39 is 29.0 Å². The molecule has 2 aromatic carbocycles. The number of carbonyl (C=O) groups excluding carboxylic acids is 2. The number of carbonyl (C=O) groups is 2. The first-order chi connectivity index (χ1) is 14.3. The maximum Gasteiger partial charge on any atom is 0.255 e. The van der Waals surface area contributed by atoms with Gasteiger partial charge in [-0.05, 0) is 37.6 Å². The summed E-state index contributed by atoms with van der Waals surface area (Å²) in [6.45, 7) is 3.53. The van der Waals surface area contributed by atoms with Crippen molar-refractivity contribution in [1.29, 1.82) is 0 Å². The summed E-state index contributed by atoms with van der Waals surface area (Å²) in [5, 5.41) is 2.85. The van der Waals surface area contributed by atoms with Crippen LogP contribution in [-0.4, -0.2) is 34.8 Å². The predicted octanol–water partition coefficient (Wildman–Crippen LogP) is 4.45. The topological polar surface area (TPSA) is 62.3 Å². The molecule has 0 atom stereocenters. The van der Waals surface area contributed by atoms with Gasteiger partial charge >= 0.3 is 0 Å². The SMILES string of the molecule is CCCN(CC(=O)Nc1ccc(F)c(F)c1F)C(=O)c1cc(C)nc2ccccc12. The average molecular weight is 415 g/mol. The Balaban J connectivity index is 1.85. The number of nitrogens with zero attached hydrogens (tertiary/aromatic N) is 2. The smallest absolute Gasteiger partial charge is 0.255 e. The number of hydrogen-bond acceptors (Lipinski definition) is 3. The van der Waals surface area contributed by atoms with Gasteiger partial charge in [0.2, 0.25) is 5.91 Å². The van der Waals surface area contributed by atoms with Crippen LogP contribution in [0.25, 0.3) is 10.9 Å². The predicted molar refractivity (Wildman–Crippen MR) is 108 cm³/mol. The Morgan fingerprint density at radius 3 is 2.53 bits per heavy atom. The number of pyridine rings is 1. The van der Waals surface area contributed by atoms with Gasteiger partial charge in [0, 0.05) is 17.6 Å². The van der Waals surface area contributed by atoms with Crippen LogP contribution in [0.2, 0.25) is 0 Å². The molecule has 3 rings (SSSR count). The van der Waals surface area contributed by atoms with Crippen molar-refractivity contribution < 1.29 is 22.8 Å². The molecule has 8 heteroatoms. The summed E-state index contributed by atoms with van der Waals surface area (Å²) < 4.78 is 40.3. The first-order valence-corrected chi connectivity index (χ1v) is 9.40. The highest BCUT2D eigenvalue weighted by Gasteiger charge is 2.22. The van der Waals surface area contributed by atoms with E-state index in [4.69, 9.17) is 0 Å². The number of para-hydroxylation sites is 1. The molecule has 1 aromatic heterocycles. The number of rotatable bonds is 6. The molecule has 1 heterocycles. The zero-order chi connectivity index (χ0) is 21.8. The van der Waals surface area contributed by atoms with Crippen LogP contribution in [0.3, 0.4) is 0 Å². The molecule has 0 aliphatic rings. The Kier molecular flexibility index (Phi) is 6.34. The molecule has 3 aromatic rings. The van der Waals surface area contributed by atoms with Crippen LogP contribution in [0.1, 0.15) is 29.4 Å². The number of benzene rings is 2. The highest BCUT2D eigenvalue weighted by atomic mass is 19.2. The van der Waals surface area contributed by atoms with Gasteiger partial charge < -0.3 is 10.2 Å². The first-order valence-electron chi connectivity index (χ1n) is 9.40. The number of amides is 2. The Hall–Kier alpha value is -3.42. The largest absolute Gasteiger partial charge is 0.329 e. The molecule has 0 fully saturated rings. The highest BCUT2D eigenvalue weighted by molar-refractivity contribution is 6.07. The Morgan fingerprint density at radius 2 is 1.80 bits per heavy atom. The molecule has 156 valence electrons. The third-order valence-corrected chi connectivity index (χ3v) is 4.50. The number of aryl methyl sites for hydroxylation is 1. The zero-order valence-electron chi connectivity index (χ0n) is 16.5. The summed E-state index contributed by atoms with van der Waals surface area (Å²) in [4.78, 5) is 31.3. The number of halogens is 3. The Morgan fingerprint density at radius 1 is 1.07 bits per heavy atom. The van der Waals surface area contributed by atoms with Gasteiger partial charge in [0.25, 0.3) is 5.91 Å². The summed E-state index contributed by atoms with van der Waals surface area (Å²) >= 11 is 0. The van der Waals surface area contributed by atoms with Crippen molar-refractivity contribution in [3.8, 4) is 0 Å². The lowest BCUT2D eigenvalue weighted by molar-refractivity contribution is -0.116. The second kappa shape index (κ2) is 8.94. The monoisotopic (exact) mass is 415 g/mol. The third-order valence-electron chi connectivity index (χ3n) is 4.50. The minimum absolute atomic E-state index is 0.280. The standard InChI is InChI=1S/C22H20F3N3O2/c1-3-10-28(12-19(29)27-18-9-8-16(23)20(24)21(18)25)22(30)15-11-13(2)26-17-7-5-4-6-14(15)17/h4-9,11H,3,10,12H2,1-2H3,(H,27,29). The second-order valence-electron chi connectivity index (χ2n) is 6.83. The number of hydrogen-bond donors (Lipinski definition) is 1. The van der Waals surface area contributed by atoms with Gasteiger partial charge in [0.05, 0.1) is 16.8 Å². The molecule has 0 radical (unpaired) electrons. The van der Waals surface area contributed by atoms with Crippen LogP contribution >= 0.6 is 0 Å². The van der Waals surface area contributed by atoms with Crippen LogP contribution < -0.4 is 5.32 Å². The molecular formula is C22H20F3N3O2. The number of anilines is 1. The van der Waals surface area contributed by atoms with Crippen molar-refractivity contribution in [2.75, 3.05) is 18.4 Å². The lowest BCUT2D eigenvalue weighted by atomic mass is 10.1. The van der Waals surface area contributed by atoms with E-state index in [1.807, 2.05) is 13.0 Å². The Bertz CT molecular complexity index is 1120. The molecule has 2 amide bonds. The third kappa shape index (κ3) is 4.42. The lowest BCUT2D eigenvalue weighted by Crippen LogP contribution is -2.38. The van der Waals surface area contributed by atoms with Crippen LogP contribution in [0.4, 0.5) is 18.9 Å². The Labute approximate surface area is 171 Å². The van der Waals surface area contributed by atoms with Gasteiger partial charge in [-0.2, -0.15) is 0 Å². The molecule has 0 aliphatic heterocycles. The molecular weight excluding hydrogens is 395 g/mol. The molecule has 5 nitrogen and oxygen atoms in total. The van der Waals surface area contributed by atoms with E-state index in [1.54, 1.807) is 31.2 Å². The van der Waals surface area contributed by atoms with Crippen molar-refractivity contribution >= 4 is 28.4 Å². The van der Waals surface area contributed by atoms with E-state index in [0.29, 0.717) is 28.6 Å². The van der Waals surface area contributed by atoms with Crippen LogP contribution in [0, 0.1) is 24.4 Å². The average Bonchev–Trinajstić information content (AvgIpc) is 2.72. The molecule has 30 heavy (non-hydrogen) atoms. The quantitative estimate of drug-likeness (QED) is 0.605. The van der Waals surface area contributed by atoms with E-state index in [1.165, 1.54) is 4.90 Å². The molecule has 0 unspecified atom stereocenters.